The lowest BCUT2D eigenvalue weighted by Gasteiger charge is -2.59. The van der Waals surface area contributed by atoms with Gasteiger partial charge in [0.05, 0.1) is 0 Å². The summed E-state index contributed by atoms with van der Waals surface area (Å²) in [4.78, 5) is 36.9. The Labute approximate surface area is 161 Å². The molecule has 0 aromatic heterocycles. The van der Waals surface area contributed by atoms with Gasteiger partial charge in [0.2, 0.25) is 0 Å². The highest BCUT2D eigenvalue weighted by Gasteiger charge is 2.62. The lowest BCUT2D eigenvalue weighted by molar-refractivity contribution is -0.142. The van der Waals surface area contributed by atoms with Gasteiger partial charge in [0.1, 0.15) is 5.78 Å². The average Bonchev–Trinajstić information content (AvgIpc) is 2.90. The number of allylic oxidation sites excluding steroid dienone is 2. The Morgan fingerprint density at radius 1 is 1.07 bits per heavy atom. The highest BCUT2D eigenvalue weighted by Crippen LogP contribution is 2.67. The molecule has 6 atom stereocenters. The maximum Gasteiger partial charge on any atom is 0.308 e. The number of ether oxygens (including phenoxy) is 1. The number of hydrogen-bond donors (Lipinski definition) is 0. The van der Waals surface area contributed by atoms with E-state index in [1.54, 1.807) is 0 Å². The van der Waals surface area contributed by atoms with E-state index < -0.39 is 5.97 Å². The second-order valence-electron chi connectivity index (χ2n) is 9.66. The van der Waals surface area contributed by atoms with Gasteiger partial charge in [-0.3, -0.25) is 14.4 Å². The zero-order valence-corrected chi connectivity index (χ0v) is 16.9. The summed E-state index contributed by atoms with van der Waals surface area (Å²) in [6.07, 6.45) is 4.77. The number of ketones is 2. The Balaban J connectivity index is 1.84. The van der Waals surface area contributed by atoms with E-state index in [1.807, 2.05) is 0 Å². The molecule has 4 aliphatic rings. The second-order valence-corrected chi connectivity index (χ2v) is 9.66. The topological polar surface area (TPSA) is 60.4 Å². The van der Waals surface area contributed by atoms with Crippen molar-refractivity contribution in [3.05, 3.63) is 23.5 Å². The minimum atomic E-state index is -0.449. The molecule has 0 spiro atoms. The molecule has 4 nitrogen and oxygen atoms in total. The number of fused-ring (bicyclic) bond motifs is 5. The third-order valence-corrected chi connectivity index (χ3v) is 8.48. The Hall–Kier alpha value is -1.71. The van der Waals surface area contributed by atoms with Crippen LogP contribution in [-0.2, 0) is 19.1 Å². The van der Waals surface area contributed by atoms with Crippen LogP contribution in [-0.4, -0.2) is 17.5 Å². The number of esters is 1. The maximum atomic E-state index is 12.6. The molecule has 0 bridgehead atoms. The SMILES string of the molecule is C=C1C2=C(OC(C)=O)C(=O)CC[C@]2(C)[C@@H]2CC[C@]3(C)C(=O)CC[C@H]3[C@@H]2C1C. The smallest absolute Gasteiger partial charge is 0.308 e. The minimum absolute atomic E-state index is 0.0823. The largest absolute Gasteiger partial charge is 0.423 e. The van der Waals surface area contributed by atoms with Crippen LogP contribution in [0.25, 0.3) is 0 Å². The molecule has 0 radical (unpaired) electrons. The molecule has 146 valence electrons. The number of rotatable bonds is 1. The fourth-order valence-corrected chi connectivity index (χ4v) is 7.01. The van der Waals surface area contributed by atoms with Crippen LogP contribution >= 0.6 is 0 Å². The summed E-state index contributed by atoms with van der Waals surface area (Å²) in [6, 6.07) is 0. The van der Waals surface area contributed by atoms with Crippen molar-refractivity contribution in [3.63, 3.8) is 0 Å². The highest BCUT2D eigenvalue weighted by molar-refractivity contribution is 5.98. The number of carbonyl (C=O) groups is 3. The Bertz CT molecular complexity index is 790. The third kappa shape index (κ3) is 2.37. The van der Waals surface area contributed by atoms with Crippen molar-refractivity contribution in [2.24, 2.45) is 34.5 Å². The molecule has 27 heavy (non-hydrogen) atoms. The van der Waals surface area contributed by atoms with E-state index >= 15 is 0 Å². The Kier molecular flexibility index (Phi) is 4.07. The van der Waals surface area contributed by atoms with Crippen LogP contribution in [0.2, 0.25) is 0 Å². The first-order valence-corrected chi connectivity index (χ1v) is 10.3. The Morgan fingerprint density at radius 2 is 1.74 bits per heavy atom. The molecule has 0 amide bonds. The molecule has 3 saturated carbocycles. The lowest BCUT2D eigenvalue weighted by Crippen LogP contribution is -2.54. The molecule has 0 aromatic rings. The summed E-state index contributed by atoms with van der Waals surface area (Å²) >= 11 is 0. The number of Topliss-reactive ketones (excluding diaryl/α,β-unsaturated/α-hetero) is 2. The molecular formula is C23H30O4. The molecule has 0 aromatic carbocycles. The van der Waals surface area contributed by atoms with E-state index in [0.717, 1.165) is 36.8 Å². The van der Waals surface area contributed by atoms with Crippen LogP contribution < -0.4 is 0 Å². The minimum Gasteiger partial charge on any atom is -0.423 e. The van der Waals surface area contributed by atoms with Gasteiger partial charge in [-0.2, -0.15) is 0 Å². The molecule has 1 unspecified atom stereocenters. The monoisotopic (exact) mass is 370 g/mol. The molecule has 4 rings (SSSR count). The van der Waals surface area contributed by atoms with Gasteiger partial charge in [-0.1, -0.05) is 27.4 Å². The standard InChI is InChI=1S/C23H30O4/c1-12-13(2)20-21(27-14(3)24)17(25)9-11-23(20,5)16-8-10-22(4)15(19(12)16)6-7-18(22)26/h12,15-16,19H,2,6-11H2,1,3-5H3/t12?,15-,16+,19-,22-,23+/m0/s1. The van der Waals surface area contributed by atoms with Crippen molar-refractivity contribution in [1.82, 2.24) is 0 Å². The van der Waals surface area contributed by atoms with Crippen molar-refractivity contribution in [2.45, 2.75) is 66.2 Å². The van der Waals surface area contributed by atoms with Gasteiger partial charge in [-0.15, -0.1) is 0 Å². The second kappa shape index (κ2) is 5.89. The maximum absolute atomic E-state index is 12.6. The summed E-state index contributed by atoms with van der Waals surface area (Å²) in [6.45, 7) is 12.3. The van der Waals surface area contributed by atoms with Crippen LogP contribution in [0.3, 0.4) is 0 Å². The van der Waals surface area contributed by atoms with Gasteiger partial charge >= 0.3 is 5.97 Å². The first-order chi connectivity index (χ1) is 12.6. The summed E-state index contributed by atoms with van der Waals surface area (Å²) in [7, 11) is 0. The quantitative estimate of drug-likeness (QED) is 0.642. The molecular weight excluding hydrogens is 340 g/mol. The van der Waals surface area contributed by atoms with Crippen molar-refractivity contribution >= 4 is 17.5 Å². The van der Waals surface area contributed by atoms with E-state index in [4.69, 9.17) is 4.74 Å². The van der Waals surface area contributed by atoms with E-state index in [2.05, 4.69) is 27.4 Å². The summed E-state index contributed by atoms with van der Waals surface area (Å²) < 4.78 is 5.44. The molecule has 0 saturated heterocycles. The van der Waals surface area contributed by atoms with E-state index in [1.165, 1.54) is 6.92 Å². The molecule has 3 fully saturated rings. The number of hydrogen-bond acceptors (Lipinski definition) is 4. The summed E-state index contributed by atoms with van der Waals surface area (Å²) in [5, 5.41) is 0. The van der Waals surface area contributed by atoms with Crippen molar-refractivity contribution in [3.8, 4) is 0 Å². The van der Waals surface area contributed by atoms with Crippen LogP contribution in [0.15, 0.2) is 23.5 Å². The fraction of sp³-hybridized carbons (Fsp3) is 0.696. The van der Waals surface area contributed by atoms with Crippen LogP contribution in [0.1, 0.15) is 66.2 Å². The van der Waals surface area contributed by atoms with Gasteiger partial charge in [0.15, 0.2) is 11.5 Å². The molecule has 0 aliphatic heterocycles. The van der Waals surface area contributed by atoms with Crippen molar-refractivity contribution < 1.29 is 19.1 Å². The van der Waals surface area contributed by atoms with Gasteiger partial charge < -0.3 is 4.74 Å². The van der Waals surface area contributed by atoms with Crippen LogP contribution in [0, 0.1) is 34.5 Å². The molecule has 0 N–H and O–H groups in total. The predicted molar refractivity (Wildman–Crippen MR) is 101 cm³/mol. The fourth-order valence-electron chi connectivity index (χ4n) is 7.01. The molecule has 0 heterocycles. The third-order valence-electron chi connectivity index (χ3n) is 8.48. The number of carbonyl (C=O) groups excluding carboxylic acids is 3. The van der Waals surface area contributed by atoms with E-state index in [0.29, 0.717) is 36.4 Å². The van der Waals surface area contributed by atoms with Crippen LogP contribution in [0.4, 0.5) is 0 Å². The zero-order valence-electron chi connectivity index (χ0n) is 16.9. The summed E-state index contributed by atoms with van der Waals surface area (Å²) in [5.41, 5.74) is 1.42. The van der Waals surface area contributed by atoms with Crippen molar-refractivity contribution in [1.29, 1.82) is 0 Å². The van der Waals surface area contributed by atoms with Crippen molar-refractivity contribution in [2.75, 3.05) is 0 Å². The predicted octanol–water partition coefficient (Wildman–Crippen LogP) is 4.39. The average molecular weight is 370 g/mol. The molecule has 4 heteroatoms. The van der Waals surface area contributed by atoms with Gasteiger partial charge in [-0.05, 0) is 54.9 Å². The van der Waals surface area contributed by atoms with E-state index in [-0.39, 0.29) is 28.3 Å². The molecule has 4 aliphatic carbocycles. The van der Waals surface area contributed by atoms with Gasteiger partial charge in [0.25, 0.3) is 0 Å². The van der Waals surface area contributed by atoms with Gasteiger partial charge in [0, 0.05) is 36.2 Å². The summed E-state index contributed by atoms with van der Waals surface area (Å²) in [5.74, 6) is 1.51. The van der Waals surface area contributed by atoms with Gasteiger partial charge in [-0.25, -0.2) is 0 Å². The van der Waals surface area contributed by atoms with Crippen LogP contribution in [0.5, 0.6) is 0 Å². The lowest BCUT2D eigenvalue weighted by atomic mass is 9.44. The Morgan fingerprint density at radius 3 is 2.41 bits per heavy atom. The first kappa shape index (κ1) is 18.6. The zero-order chi connectivity index (χ0) is 19.7. The first-order valence-electron chi connectivity index (χ1n) is 10.3. The highest BCUT2D eigenvalue weighted by atomic mass is 16.5. The normalized spacial score (nSPS) is 43.9. The van der Waals surface area contributed by atoms with E-state index in [9.17, 15) is 14.4 Å².